The number of hydrogen-bond donors (Lipinski definition) is 1. The lowest BCUT2D eigenvalue weighted by molar-refractivity contribution is -0.115. The van der Waals surface area contributed by atoms with Crippen LogP contribution in [-0.4, -0.2) is 25.9 Å². The lowest BCUT2D eigenvalue weighted by Gasteiger charge is -2.12. The normalized spacial score (nSPS) is 12.5. The van der Waals surface area contributed by atoms with Gasteiger partial charge < -0.3 is 9.84 Å². The van der Waals surface area contributed by atoms with Crippen molar-refractivity contribution in [2.24, 2.45) is 7.05 Å². The van der Waals surface area contributed by atoms with Crippen molar-refractivity contribution >= 4 is 45.0 Å². The van der Waals surface area contributed by atoms with Crippen molar-refractivity contribution in [3.63, 3.8) is 0 Å². The van der Waals surface area contributed by atoms with Gasteiger partial charge >= 0.3 is 0 Å². The molecule has 23 heavy (non-hydrogen) atoms. The second-order valence-corrected chi connectivity index (χ2v) is 7.17. The Hall–Kier alpha value is -2.13. The molecule has 0 fully saturated rings. The number of nitrogens with zero attached hydrogens (tertiary/aromatic N) is 3. The Labute approximate surface area is 139 Å². The van der Waals surface area contributed by atoms with Gasteiger partial charge in [0.1, 0.15) is 10.6 Å². The Morgan fingerprint density at radius 2 is 2.30 bits per heavy atom. The van der Waals surface area contributed by atoms with Crippen molar-refractivity contribution in [1.82, 2.24) is 14.7 Å². The molecule has 0 radical (unpaired) electrons. The Morgan fingerprint density at radius 3 is 3.00 bits per heavy atom. The van der Waals surface area contributed by atoms with Gasteiger partial charge in [0.2, 0.25) is 5.91 Å². The average molecular weight is 350 g/mol. The van der Waals surface area contributed by atoms with Gasteiger partial charge in [-0.2, -0.15) is 0 Å². The number of aryl methyl sites for hydroxylation is 1. The van der Waals surface area contributed by atoms with E-state index in [-0.39, 0.29) is 11.5 Å². The predicted molar refractivity (Wildman–Crippen MR) is 90.0 cm³/mol. The summed E-state index contributed by atoms with van der Waals surface area (Å²) in [5, 5.41) is 8.88. The number of thioether (sulfide) groups is 1. The monoisotopic (exact) mass is 350 g/mol. The minimum absolute atomic E-state index is 0.113. The Balaban J connectivity index is 1.79. The van der Waals surface area contributed by atoms with E-state index in [2.05, 4.69) is 15.5 Å². The zero-order valence-corrected chi connectivity index (χ0v) is 14.3. The van der Waals surface area contributed by atoms with Gasteiger partial charge in [0, 0.05) is 13.1 Å². The summed E-state index contributed by atoms with van der Waals surface area (Å²) in [6.45, 7) is 3.49. The SMILES string of the molecule is Cc1cc(NC(=O)C(C)Sc2nc3sccc3c(=O)n2C)no1. The first kappa shape index (κ1) is 15.8. The lowest BCUT2D eigenvalue weighted by atomic mass is 10.4. The van der Waals surface area contributed by atoms with E-state index in [9.17, 15) is 9.59 Å². The van der Waals surface area contributed by atoms with Crippen LogP contribution in [0.15, 0.2) is 32.0 Å². The maximum Gasteiger partial charge on any atom is 0.262 e. The van der Waals surface area contributed by atoms with E-state index in [4.69, 9.17) is 4.52 Å². The molecule has 0 saturated heterocycles. The first-order chi connectivity index (χ1) is 11.0. The molecular weight excluding hydrogens is 336 g/mol. The summed E-state index contributed by atoms with van der Waals surface area (Å²) in [6.07, 6.45) is 0. The zero-order chi connectivity index (χ0) is 16.6. The minimum Gasteiger partial charge on any atom is -0.360 e. The number of anilines is 1. The van der Waals surface area contributed by atoms with Gasteiger partial charge in [0.25, 0.3) is 5.56 Å². The molecule has 0 aliphatic heterocycles. The van der Waals surface area contributed by atoms with E-state index < -0.39 is 5.25 Å². The van der Waals surface area contributed by atoms with Crippen LogP contribution in [0.4, 0.5) is 5.82 Å². The van der Waals surface area contributed by atoms with Gasteiger partial charge in [-0.15, -0.1) is 11.3 Å². The molecule has 120 valence electrons. The molecule has 0 saturated carbocycles. The third kappa shape index (κ3) is 3.15. The summed E-state index contributed by atoms with van der Waals surface area (Å²) >= 11 is 2.63. The van der Waals surface area contributed by atoms with E-state index >= 15 is 0 Å². The molecule has 1 unspecified atom stereocenters. The highest BCUT2D eigenvalue weighted by Gasteiger charge is 2.19. The first-order valence-corrected chi connectivity index (χ1v) is 8.56. The molecule has 7 nitrogen and oxygen atoms in total. The van der Waals surface area contributed by atoms with Crippen molar-refractivity contribution in [3.05, 3.63) is 33.6 Å². The number of carbonyl (C=O) groups is 1. The van der Waals surface area contributed by atoms with Crippen molar-refractivity contribution < 1.29 is 9.32 Å². The molecular formula is C14H14N4O3S2. The molecule has 0 spiro atoms. The van der Waals surface area contributed by atoms with Crippen LogP contribution in [0.1, 0.15) is 12.7 Å². The highest BCUT2D eigenvalue weighted by molar-refractivity contribution is 8.00. The molecule has 1 atom stereocenters. The van der Waals surface area contributed by atoms with Crippen LogP contribution >= 0.6 is 23.1 Å². The molecule has 1 N–H and O–H groups in total. The maximum atomic E-state index is 12.2. The third-order valence-electron chi connectivity index (χ3n) is 3.19. The summed E-state index contributed by atoms with van der Waals surface area (Å²) in [5.74, 6) is 0.757. The number of amides is 1. The zero-order valence-electron chi connectivity index (χ0n) is 12.7. The maximum absolute atomic E-state index is 12.2. The second-order valence-electron chi connectivity index (χ2n) is 4.97. The summed E-state index contributed by atoms with van der Waals surface area (Å²) in [4.78, 5) is 29.6. The Kier molecular flexibility index (Phi) is 4.22. The van der Waals surface area contributed by atoms with Crippen molar-refractivity contribution in [2.75, 3.05) is 5.32 Å². The van der Waals surface area contributed by atoms with Crippen LogP contribution in [-0.2, 0) is 11.8 Å². The van der Waals surface area contributed by atoms with E-state index in [0.717, 1.165) is 0 Å². The van der Waals surface area contributed by atoms with Crippen molar-refractivity contribution in [3.8, 4) is 0 Å². The van der Waals surface area contributed by atoms with Crippen molar-refractivity contribution in [1.29, 1.82) is 0 Å². The van der Waals surface area contributed by atoms with Gasteiger partial charge in [-0.05, 0) is 25.3 Å². The van der Waals surface area contributed by atoms with Gasteiger partial charge in [0.15, 0.2) is 11.0 Å². The molecule has 3 rings (SSSR count). The first-order valence-electron chi connectivity index (χ1n) is 6.81. The highest BCUT2D eigenvalue weighted by Crippen LogP contribution is 2.24. The molecule has 3 heterocycles. The lowest BCUT2D eigenvalue weighted by Crippen LogP contribution is -2.25. The quantitative estimate of drug-likeness (QED) is 0.574. The summed E-state index contributed by atoms with van der Waals surface area (Å²) in [6, 6.07) is 3.40. The fourth-order valence-corrected chi connectivity index (χ4v) is 3.63. The smallest absolute Gasteiger partial charge is 0.262 e. The van der Waals surface area contributed by atoms with Crippen LogP contribution in [0, 0.1) is 6.92 Å². The molecule has 9 heteroatoms. The van der Waals surface area contributed by atoms with Crippen LogP contribution in [0.5, 0.6) is 0 Å². The standard InChI is InChI=1S/C14H14N4O3S2/c1-7-6-10(17-21-7)15-11(19)8(2)23-14-16-12-9(4-5-22-12)13(20)18(14)3/h4-6,8H,1-3H3,(H,15,17,19). The number of carbonyl (C=O) groups excluding carboxylic acids is 1. The fraction of sp³-hybridized carbons (Fsp3) is 0.286. The fourth-order valence-electron chi connectivity index (χ4n) is 1.95. The molecule has 0 bridgehead atoms. The summed E-state index contributed by atoms with van der Waals surface area (Å²) in [5.41, 5.74) is -0.113. The van der Waals surface area contributed by atoms with Crippen LogP contribution < -0.4 is 10.9 Å². The largest absolute Gasteiger partial charge is 0.360 e. The topological polar surface area (TPSA) is 90.0 Å². The molecule has 0 aliphatic rings. The van der Waals surface area contributed by atoms with Gasteiger partial charge in [0.05, 0.1) is 10.6 Å². The number of aromatic nitrogens is 3. The number of nitrogens with one attached hydrogen (secondary N) is 1. The Bertz CT molecular complexity index is 928. The van der Waals surface area contributed by atoms with E-state index in [1.807, 2.05) is 5.38 Å². The number of hydrogen-bond acceptors (Lipinski definition) is 7. The van der Waals surface area contributed by atoms with E-state index in [1.54, 1.807) is 33.0 Å². The van der Waals surface area contributed by atoms with Crippen LogP contribution in [0.2, 0.25) is 0 Å². The number of rotatable bonds is 4. The molecule has 0 aromatic carbocycles. The molecule has 0 aliphatic carbocycles. The van der Waals surface area contributed by atoms with Gasteiger partial charge in [-0.3, -0.25) is 14.2 Å². The molecule has 3 aromatic rings. The van der Waals surface area contributed by atoms with E-state index in [0.29, 0.717) is 27.0 Å². The van der Waals surface area contributed by atoms with Crippen LogP contribution in [0.25, 0.3) is 10.2 Å². The van der Waals surface area contributed by atoms with E-state index in [1.165, 1.54) is 27.7 Å². The number of thiophene rings is 1. The van der Waals surface area contributed by atoms with Gasteiger partial charge in [-0.25, -0.2) is 4.98 Å². The molecule has 3 aromatic heterocycles. The minimum atomic E-state index is -0.442. The third-order valence-corrected chi connectivity index (χ3v) is 5.14. The highest BCUT2D eigenvalue weighted by atomic mass is 32.2. The summed E-state index contributed by atoms with van der Waals surface area (Å²) in [7, 11) is 1.65. The Morgan fingerprint density at radius 1 is 1.52 bits per heavy atom. The second kappa shape index (κ2) is 6.17. The number of fused-ring (bicyclic) bond motifs is 1. The summed E-state index contributed by atoms with van der Waals surface area (Å²) < 4.78 is 6.37. The van der Waals surface area contributed by atoms with Gasteiger partial charge in [-0.1, -0.05) is 16.9 Å². The molecule has 1 amide bonds. The van der Waals surface area contributed by atoms with Crippen LogP contribution in [0.3, 0.4) is 0 Å². The predicted octanol–water partition coefficient (Wildman–Crippen LogP) is 2.41. The average Bonchev–Trinajstić information content (AvgIpc) is 3.13. The van der Waals surface area contributed by atoms with Crippen molar-refractivity contribution in [2.45, 2.75) is 24.3 Å².